The number of nitrogens with zero attached hydrogens (tertiary/aromatic N) is 1. The number of halogens is 2. The van der Waals surface area contributed by atoms with Crippen molar-refractivity contribution in [3.05, 3.63) is 34.1 Å². The molecular weight excluding hydrogens is 317 g/mol. The van der Waals surface area contributed by atoms with E-state index in [2.05, 4.69) is 15.9 Å². The van der Waals surface area contributed by atoms with Crippen molar-refractivity contribution in [2.45, 2.75) is 13.8 Å². The summed E-state index contributed by atoms with van der Waals surface area (Å²) >= 11 is 3.02. The third kappa shape index (κ3) is 4.02. The third-order valence-electron chi connectivity index (χ3n) is 2.75. The maximum Gasteiger partial charge on any atom is 0.308 e. The summed E-state index contributed by atoms with van der Waals surface area (Å²) in [4.78, 5) is 24.4. The molecule has 1 rings (SSSR count). The molecule has 19 heavy (non-hydrogen) atoms. The number of rotatable bonds is 5. The van der Waals surface area contributed by atoms with Crippen LogP contribution in [0.2, 0.25) is 0 Å². The van der Waals surface area contributed by atoms with Crippen LogP contribution in [0.3, 0.4) is 0 Å². The highest BCUT2D eigenvalue weighted by molar-refractivity contribution is 9.10. The molecule has 1 N–H and O–H groups in total. The molecule has 0 saturated carbocycles. The topological polar surface area (TPSA) is 57.6 Å². The standard InChI is InChI=1S/C13H15BrFNO3/c1-3-16(7-8(2)13(18)19)12(17)9-4-5-11(15)10(14)6-9/h4-6,8H,3,7H2,1-2H3,(H,18,19). The Kier molecular flexibility index (Phi) is 5.47. The van der Waals surface area contributed by atoms with Crippen LogP contribution in [0.5, 0.6) is 0 Å². The summed E-state index contributed by atoms with van der Waals surface area (Å²) in [6, 6.07) is 3.98. The fourth-order valence-electron chi connectivity index (χ4n) is 1.58. The van der Waals surface area contributed by atoms with Gasteiger partial charge in [0.05, 0.1) is 10.4 Å². The Morgan fingerprint density at radius 2 is 2.11 bits per heavy atom. The first kappa shape index (κ1) is 15.6. The van der Waals surface area contributed by atoms with Crippen LogP contribution in [0, 0.1) is 11.7 Å². The number of carbonyl (C=O) groups excluding carboxylic acids is 1. The Morgan fingerprint density at radius 3 is 2.58 bits per heavy atom. The Morgan fingerprint density at radius 1 is 1.47 bits per heavy atom. The molecule has 4 nitrogen and oxygen atoms in total. The number of aliphatic carboxylic acids is 1. The molecule has 1 amide bonds. The average Bonchev–Trinajstić information content (AvgIpc) is 2.37. The summed E-state index contributed by atoms with van der Waals surface area (Å²) in [5, 5.41) is 8.86. The monoisotopic (exact) mass is 331 g/mol. The van der Waals surface area contributed by atoms with Crippen molar-refractivity contribution in [2.75, 3.05) is 13.1 Å². The Bertz CT molecular complexity index is 493. The molecule has 0 aliphatic rings. The van der Waals surface area contributed by atoms with Crippen molar-refractivity contribution in [1.82, 2.24) is 4.90 Å². The number of hydrogen-bond donors (Lipinski definition) is 1. The van der Waals surface area contributed by atoms with Crippen LogP contribution in [-0.2, 0) is 4.79 Å². The van der Waals surface area contributed by atoms with Crippen molar-refractivity contribution < 1.29 is 19.1 Å². The van der Waals surface area contributed by atoms with Gasteiger partial charge in [0.25, 0.3) is 5.91 Å². The minimum atomic E-state index is -0.952. The fraction of sp³-hybridized carbons (Fsp3) is 0.385. The van der Waals surface area contributed by atoms with Gasteiger partial charge in [0.15, 0.2) is 0 Å². The van der Waals surface area contributed by atoms with Gasteiger partial charge in [-0.2, -0.15) is 0 Å². The number of amides is 1. The first-order chi connectivity index (χ1) is 8.86. The van der Waals surface area contributed by atoms with Crippen LogP contribution in [0.15, 0.2) is 22.7 Å². The smallest absolute Gasteiger partial charge is 0.308 e. The van der Waals surface area contributed by atoms with Crippen LogP contribution >= 0.6 is 15.9 Å². The maximum absolute atomic E-state index is 13.1. The molecule has 0 aromatic heterocycles. The van der Waals surface area contributed by atoms with E-state index in [1.165, 1.54) is 23.1 Å². The zero-order chi connectivity index (χ0) is 14.6. The predicted octanol–water partition coefficient (Wildman–Crippen LogP) is 2.77. The molecule has 0 aliphatic heterocycles. The van der Waals surface area contributed by atoms with E-state index in [0.717, 1.165) is 0 Å². The number of benzene rings is 1. The SMILES string of the molecule is CCN(CC(C)C(=O)O)C(=O)c1ccc(F)c(Br)c1. The molecule has 0 heterocycles. The molecule has 0 radical (unpaired) electrons. The third-order valence-corrected chi connectivity index (χ3v) is 3.36. The highest BCUT2D eigenvalue weighted by Crippen LogP contribution is 2.18. The predicted molar refractivity (Wildman–Crippen MR) is 72.5 cm³/mol. The van der Waals surface area contributed by atoms with E-state index < -0.39 is 17.7 Å². The van der Waals surface area contributed by atoms with Crippen molar-refractivity contribution in [3.63, 3.8) is 0 Å². The molecular formula is C13H15BrFNO3. The summed E-state index contributed by atoms with van der Waals surface area (Å²) in [5.74, 6) is -2.35. The second-order valence-corrected chi connectivity index (χ2v) is 5.07. The van der Waals surface area contributed by atoms with E-state index in [-0.39, 0.29) is 16.9 Å². The van der Waals surface area contributed by atoms with Crippen molar-refractivity contribution >= 4 is 27.8 Å². The van der Waals surface area contributed by atoms with Crippen LogP contribution in [0.4, 0.5) is 4.39 Å². The van der Waals surface area contributed by atoms with Gasteiger partial charge < -0.3 is 10.0 Å². The Labute approximate surface area is 119 Å². The quantitative estimate of drug-likeness (QED) is 0.902. The van der Waals surface area contributed by atoms with Gasteiger partial charge in [0.1, 0.15) is 5.82 Å². The normalized spacial score (nSPS) is 12.0. The Hall–Kier alpha value is -1.43. The second-order valence-electron chi connectivity index (χ2n) is 4.21. The molecule has 1 atom stereocenters. The van der Waals surface area contributed by atoms with Gasteiger partial charge in [-0.25, -0.2) is 4.39 Å². The molecule has 104 valence electrons. The lowest BCUT2D eigenvalue weighted by molar-refractivity contribution is -0.141. The first-order valence-electron chi connectivity index (χ1n) is 5.84. The zero-order valence-electron chi connectivity index (χ0n) is 10.7. The highest BCUT2D eigenvalue weighted by Gasteiger charge is 2.20. The van der Waals surface area contributed by atoms with E-state index in [0.29, 0.717) is 12.1 Å². The van der Waals surface area contributed by atoms with Gasteiger partial charge >= 0.3 is 5.97 Å². The zero-order valence-corrected chi connectivity index (χ0v) is 12.3. The van der Waals surface area contributed by atoms with E-state index >= 15 is 0 Å². The van der Waals surface area contributed by atoms with E-state index in [1.807, 2.05) is 0 Å². The molecule has 1 unspecified atom stereocenters. The summed E-state index contributed by atoms with van der Waals surface area (Å²) in [6.45, 7) is 3.83. The highest BCUT2D eigenvalue weighted by atomic mass is 79.9. The number of carbonyl (C=O) groups is 2. The molecule has 0 spiro atoms. The van der Waals surface area contributed by atoms with Crippen LogP contribution < -0.4 is 0 Å². The van der Waals surface area contributed by atoms with E-state index in [1.54, 1.807) is 13.8 Å². The largest absolute Gasteiger partial charge is 0.481 e. The fourth-order valence-corrected chi connectivity index (χ4v) is 1.95. The lowest BCUT2D eigenvalue weighted by atomic mass is 10.1. The first-order valence-corrected chi connectivity index (χ1v) is 6.63. The van der Waals surface area contributed by atoms with Crippen LogP contribution in [0.1, 0.15) is 24.2 Å². The molecule has 1 aromatic carbocycles. The Balaban J connectivity index is 2.89. The van der Waals surface area contributed by atoms with Gasteiger partial charge in [0, 0.05) is 18.7 Å². The molecule has 0 fully saturated rings. The second kappa shape index (κ2) is 6.65. The van der Waals surface area contributed by atoms with E-state index in [4.69, 9.17) is 5.11 Å². The van der Waals surface area contributed by atoms with Gasteiger partial charge in [-0.15, -0.1) is 0 Å². The van der Waals surface area contributed by atoms with E-state index in [9.17, 15) is 14.0 Å². The van der Waals surface area contributed by atoms with Crippen molar-refractivity contribution in [3.8, 4) is 0 Å². The average molecular weight is 332 g/mol. The minimum absolute atomic E-state index is 0.125. The molecule has 6 heteroatoms. The number of carboxylic acid groups (broad SMARTS) is 1. The van der Waals surface area contributed by atoms with Gasteiger partial charge in [-0.1, -0.05) is 6.92 Å². The number of hydrogen-bond acceptors (Lipinski definition) is 2. The van der Waals surface area contributed by atoms with Gasteiger partial charge in [-0.05, 0) is 41.1 Å². The van der Waals surface area contributed by atoms with Gasteiger partial charge in [0.2, 0.25) is 0 Å². The van der Waals surface area contributed by atoms with Crippen LogP contribution in [0.25, 0.3) is 0 Å². The summed E-state index contributed by atoms with van der Waals surface area (Å²) in [6.07, 6.45) is 0. The number of carboxylic acids is 1. The maximum atomic E-state index is 13.1. The summed E-state index contributed by atoms with van der Waals surface area (Å²) < 4.78 is 13.3. The van der Waals surface area contributed by atoms with Gasteiger partial charge in [-0.3, -0.25) is 9.59 Å². The van der Waals surface area contributed by atoms with Crippen LogP contribution in [-0.4, -0.2) is 35.0 Å². The van der Waals surface area contributed by atoms with Crippen molar-refractivity contribution in [2.24, 2.45) is 5.92 Å². The molecule has 0 bridgehead atoms. The summed E-state index contributed by atoms with van der Waals surface area (Å²) in [7, 11) is 0. The minimum Gasteiger partial charge on any atom is -0.481 e. The summed E-state index contributed by atoms with van der Waals surface area (Å²) in [5.41, 5.74) is 0.327. The molecule has 0 saturated heterocycles. The lowest BCUT2D eigenvalue weighted by Gasteiger charge is -2.23. The van der Waals surface area contributed by atoms with Crippen molar-refractivity contribution in [1.29, 1.82) is 0 Å². The lowest BCUT2D eigenvalue weighted by Crippen LogP contribution is -2.36. The molecule has 1 aromatic rings. The molecule has 0 aliphatic carbocycles.